The van der Waals surface area contributed by atoms with Gasteiger partial charge in [-0.1, -0.05) is 35.9 Å². The minimum absolute atomic E-state index is 0.175. The highest BCUT2D eigenvalue weighted by Gasteiger charge is 2.14. The van der Waals surface area contributed by atoms with Crippen molar-refractivity contribution in [2.24, 2.45) is 0 Å². The van der Waals surface area contributed by atoms with Gasteiger partial charge < -0.3 is 10.1 Å². The summed E-state index contributed by atoms with van der Waals surface area (Å²) in [5.41, 5.74) is 4.05. The number of amides is 1. The van der Waals surface area contributed by atoms with Crippen LogP contribution in [0.2, 0.25) is 5.02 Å². The average Bonchev–Trinajstić information content (AvgIpc) is 3.14. The third-order valence-corrected chi connectivity index (χ3v) is 4.67. The summed E-state index contributed by atoms with van der Waals surface area (Å²) in [6, 6.07) is 14.4. The van der Waals surface area contributed by atoms with Crippen LogP contribution in [0.15, 0.2) is 59.4 Å². The summed E-state index contributed by atoms with van der Waals surface area (Å²) in [7, 11) is 0. The molecular weight excluding hydrogens is 356 g/mol. The number of hydrogen-bond acceptors (Lipinski definition) is 4. The summed E-state index contributed by atoms with van der Waals surface area (Å²) in [6.07, 6.45) is 0. The Morgan fingerprint density at radius 1 is 1.28 bits per heavy atom. The molecule has 0 radical (unpaired) electrons. The molecule has 0 saturated heterocycles. The molecule has 1 aromatic heterocycles. The minimum atomic E-state index is -0.194. The Labute approximate surface area is 155 Å². The molecule has 0 aliphatic rings. The standard InChI is InChI=1S/C19H17ClN2O2S/c1-13(17-7-2-3-8-18(17)20)22-19(23)14-5-4-6-16(9-14)24-10-15-11-25-12-21-15/h2-9,11-13H,10H2,1H3,(H,22,23). The van der Waals surface area contributed by atoms with Crippen molar-refractivity contribution in [2.45, 2.75) is 19.6 Å². The largest absolute Gasteiger partial charge is 0.487 e. The summed E-state index contributed by atoms with van der Waals surface area (Å²) < 4.78 is 5.69. The van der Waals surface area contributed by atoms with E-state index < -0.39 is 0 Å². The molecule has 1 unspecified atom stereocenters. The van der Waals surface area contributed by atoms with Crippen LogP contribution in [0.1, 0.15) is 34.6 Å². The molecule has 1 heterocycles. The van der Waals surface area contributed by atoms with E-state index in [9.17, 15) is 4.79 Å². The van der Waals surface area contributed by atoms with Gasteiger partial charge in [0, 0.05) is 16.0 Å². The van der Waals surface area contributed by atoms with E-state index in [0.717, 1.165) is 11.3 Å². The van der Waals surface area contributed by atoms with Gasteiger partial charge in [-0.15, -0.1) is 11.3 Å². The van der Waals surface area contributed by atoms with E-state index in [-0.39, 0.29) is 11.9 Å². The quantitative estimate of drug-likeness (QED) is 0.671. The lowest BCUT2D eigenvalue weighted by Gasteiger charge is -2.16. The third-order valence-electron chi connectivity index (χ3n) is 3.69. The zero-order chi connectivity index (χ0) is 17.6. The second kappa shape index (κ2) is 8.14. The number of nitrogens with one attached hydrogen (secondary N) is 1. The van der Waals surface area contributed by atoms with Gasteiger partial charge in [0.2, 0.25) is 0 Å². The molecule has 128 valence electrons. The zero-order valence-corrected chi connectivity index (χ0v) is 15.2. The van der Waals surface area contributed by atoms with Crippen molar-refractivity contribution in [1.29, 1.82) is 0 Å². The summed E-state index contributed by atoms with van der Waals surface area (Å²) in [5, 5.41) is 5.53. The first-order valence-electron chi connectivity index (χ1n) is 7.78. The van der Waals surface area contributed by atoms with Gasteiger partial charge in [0.15, 0.2) is 0 Å². The van der Waals surface area contributed by atoms with Crippen LogP contribution in [0.3, 0.4) is 0 Å². The van der Waals surface area contributed by atoms with Crippen LogP contribution in [-0.4, -0.2) is 10.9 Å². The van der Waals surface area contributed by atoms with Crippen LogP contribution in [0.5, 0.6) is 5.75 Å². The van der Waals surface area contributed by atoms with Crippen molar-refractivity contribution in [1.82, 2.24) is 10.3 Å². The molecule has 1 amide bonds. The molecule has 0 spiro atoms. The number of hydrogen-bond donors (Lipinski definition) is 1. The van der Waals surface area contributed by atoms with E-state index in [0.29, 0.717) is 22.9 Å². The number of thiazole rings is 1. The Morgan fingerprint density at radius 2 is 2.12 bits per heavy atom. The van der Waals surface area contributed by atoms with Crippen LogP contribution >= 0.6 is 22.9 Å². The molecule has 1 N–H and O–H groups in total. The van der Waals surface area contributed by atoms with Crippen LogP contribution in [0, 0.1) is 0 Å². The number of benzene rings is 2. The Hall–Kier alpha value is -2.37. The molecule has 0 aliphatic carbocycles. The highest BCUT2D eigenvalue weighted by molar-refractivity contribution is 7.07. The summed E-state index contributed by atoms with van der Waals surface area (Å²) >= 11 is 7.71. The fraction of sp³-hybridized carbons (Fsp3) is 0.158. The second-order valence-corrected chi connectivity index (χ2v) is 6.64. The smallest absolute Gasteiger partial charge is 0.251 e. The maximum Gasteiger partial charge on any atom is 0.251 e. The molecular formula is C19H17ClN2O2S. The van der Waals surface area contributed by atoms with Crippen LogP contribution in [0.25, 0.3) is 0 Å². The molecule has 1 atom stereocenters. The Morgan fingerprint density at radius 3 is 2.88 bits per heavy atom. The molecule has 25 heavy (non-hydrogen) atoms. The number of rotatable bonds is 6. The Kier molecular flexibility index (Phi) is 5.68. The van der Waals surface area contributed by atoms with Gasteiger partial charge in [-0.3, -0.25) is 4.79 Å². The lowest BCUT2D eigenvalue weighted by atomic mass is 10.1. The van der Waals surface area contributed by atoms with E-state index in [4.69, 9.17) is 16.3 Å². The first-order chi connectivity index (χ1) is 12.1. The van der Waals surface area contributed by atoms with E-state index in [1.807, 2.05) is 42.6 Å². The minimum Gasteiger partial charge on any atom is -0.487 e. The molecule has 2 aromatic carbocycles. The lowest BCUT2D eigenvalue weighted by Crippen LogP contribution is -2.26. The van der Waals surface area contributed by atoms with Crippen molar-refractivity contribution in [3.63, 3.8) is 0 Å². The highest BCUT2D eigenvalue weighted by atomic mass is 35.5. The fourth-order valence-corrected chi connectivity index (χ4v) is 3.22. The maximum absolute atomic E-state index is 12.5. The fourth-order valence-electron chi connectivity index (χ4n) is 2.38. The van der Waals surface area contributed by atoms with Crippen molar-refractivity contribution in [3.05, 3.63) is 81.3 Å². The number of halogens is 1. The van der Waals surface area contributed by atoms with Crippen molar-refractivity contribution in [2.75, 3.05) is 0 Å². The average molecular weight is 373 g/mol. The van der Waals surface area contributed by atoms with Crippen molar-refractivity contribution < 1.29 is 9.53 Å². The summed E-state index contributed by atoms with van der Waals surface area (Å²) in [4.78, 5) is 16.7. The van der Waals surface area contributed by atoms with Crippen molar-refractivity contribution >= 4 is 28.8 Å². The third kappa shape index (κ3) is 4.59. The lowest BCUT2D eigenvalue weighted by molar-refractivity contribution is 0.0939. The van der Waals surface area contributed by atoms with Crippen LogP contribution < -0.4 is 10.1 Å². The topological polar surface area (TPSA) is 51.2 Å². The molecule has 0 fully saturated rings. The summed E-state index contributed by atoms with van der Waals surface area (Å²) in [6.45, 7) is 2.28. The molecule has 0 bridgehead atoms. The number of ether oxygens (including phenoxy) is 1. The molecule has 3 aromatic rings. The normalized spacial score (nSPS) is 11.8. The first kappa shape index (κ1) is 17.5. The summed E-state index contributed by atoms with van der Waals surface area (Å²) in [5.74, 6) is 0.456. The number of aromatic nitrogens is 1. The molecule has 0 aliphatic heterocycles. The van der Waals surface area contributed by atoms with Gasteiger partial charge in [0.25, 0.3) is 5.91 Å². The zero-order valence-electron chi connectivity index (χ0n) is 13.6. The molecule has 3 rings (SSSR count). The predicted molar refractivity (Wildman–Crippen MR) is 100 cm³/mol. The van der Waals surface area contributed by atoms with E-state index in [2.05, 4.69) is 10.3 Å². The van der Waals surface area contributed by atoms with Crippen molar-refractivity contribution in [3.8, 4) is 5.75 Å². The Balaban J connectivity index is 1.65. The first-order valence-corrected chi connectivity index (χ1v) is 9.11. The Bertz CT molecular complexity index is 852. The van der Waals surface area contributed by atoms with E-state index in [1.165, 1.54) is 11.3 Å². The van der Waals surface area contributed by atoms with Crippen LogP contribution in [-0.2, 0) is 6.61 Å². The number of carbonyl (C=O) groups is 1. The van der Waals surface area contributed by atoms with E-state index >= 15 is 0 Å². The monoisotopic (exact) mass is 372 g/mol. The number of nitrogens with zero attached hydrogens (tertiary/aromatic N) is 1. The number of carbonyl (C=O) groups excluding carboxylic acids is 1. The van der Waals surface area contributed by atoms with Gasteiger partial charge in [0.1, 0.15) is 12.4 Å². The van der Waals surface area contributed by atoms with Gasteiger partial charge in [-0.2, -0.15) is 0 Å². The molecule has 6 heteroatoms. The van der Waals surface area contributed by atoms with Gasteiger partial charge >= 0.3 is 0 Å². The van der Waals surface area contributed by atoms with E-state index in [1.54, 1.807) is 23.7 Å². The SMILES string of the molecule is CC(NC(=O)c1cccc(OCc2cscn2)c1)c1ccccc1Cl. The van der Waals surface area contributed by atoms with Gasteiger partial charge in [0.05, 0.1) is 17.2 Å². The van der Waals surface area contributed by atoms with Gasteiger partial charge in [-0.25, -0.2) is 4.98 Å². The van der Waals surface area contributed by atoms with Gasteiger partial charge in [-0.05, 0) is 36.8 Å². The predicted octanol–water partition coefficient (Wildman–Crippen LogP) is 4.87. The second-order valence-electron chi connectivity index (χ2n) is 5.51. The van der Waals surface area contributed by atoms with Crippen LogP contribution in [0.4, 0.5) is 0 Å². The maximum atomic E-state index is 12.5. The highest BCUT2D eigenvalue weighted by Crippen LogP contribution is 2.23. The molecule has 0 saturated carbocycles. The molecule has 4 nitrogen and oxygen atoms in total.